The van der Waals surface area contributed by atoms with Crippen LogP contribution >= 0.6 is 0 Å². The number of nitrogens with one attached hydrogen (secondary N) is 2. The zero-order valence-electron chi connectivity index (χ0n) is 9.08. The summed E-state index contributed by atoms with van der Waals surface area (Å²) >= 11 is 0. The van der Waals surface area contributed by atoms with Crippen LogP contribution in [0.3, 0.4) is 0 Å². The third-order valence-electron chi connectivity index (χ3n) is 2.10. The van der Waals surface area contributed by atoms with Gasteiger partial charge in [-0.3, -0.25) is 4.79 Å². The molecule has 1 unspecified atom stereocenters. The Bertz CT molecular complexity index is 510. The first-order chi connectivity index (χ1) is 8.16. The van der Waals surface area contributed by atoms with E-state index < -0.39 is 0 Å². The Labute approximate surface area is 96.6 Å². The molecule has 0 aliphatic rings. The predicted molar refractivity (Wildman–Crippen MR) is 58.7 cm³/mol. The summed E-state index contributed by atoms with van der Waals surface area (Å²) in [6.45, 7) is 1.75. The Morgan fingerprint density at radius 2 is 2.35 bits per heavy atom. The number of carbonyl (C=O) groups excluding carboxylic acids is 1. The molecule has 2 rings (SSSR count). The number of H-pyrrole nitrogens is 1. The lowest BCUT2D eigenvalue weighted by Crippen LogP contribution is -2.28. The summed E-state index contributed by atoms with van der Waals surface area (Å²) in [5, 5.41) is 16.0. The molecule has 1 atom stereocenters. The maximum Gasteiger partial charge on any atom is 0.270 e. The maximum absolute atomic E-state index is 11.8. The highest BCUT2D eigenvalue weighted by Gasteiger charge is 2.15. The summed E-state index contributed by atoms with van der Waals surface area (Å²) in [5.74, 6) is 0.363. The van der Waals surface area contributed by atoms with Crippen molar-refractivity contribution in [2.45, 2.75) is 13.0 Å². The number of nitrogens with zero attached hydrogens (tertiary/aromatic N) is 4. The fraction of sp³-hybridized carbons (Fsp3) is 0.222. The molecule has 8 nitrogen and oxygen atoms in total. The van der Waals surface area contributed by atoms with E-state index in [9.17, 15) is 4.79 Å². The highest BCUT2D eigenvalue weighted by atomic mass is 16.1. The Balaban J connectivity index is 2.07. The first-order valence-corrected chi connectivity index (χ1v) is 4.93. The Morgan fingerprint density at radius 3 is 3.00 bits per heavy atom. The van der Waals surface area contributed by atoms with Gasteiger partial charge in [0.15, 0.2) is 5.82 Å². The van der Waals surface area contributed by atoms with Crippen LogP contribution < -0.4 is 11.1 Å². The van der Waals surface area contributed by atoms with E-state index in [1.54, 1.807) is 25.1 Å². The third-order valence-corrected chi connectivity index (χ3v) is 2.10. The van der Waals surface area contributed by atoms with Crippen LogP contribution in [0.25, 0.3) is 0 Å². The van der Waals surface area contributed by atoms with Crippen LogP contribution in [0.4, 0.5) is 5.82 Å². The van der Waals surface area contributed by atoms with Crippen LogP contribution in [0.1, 0.15) is 29.3 Å². The molecule has 88 valence electrons. The molecule has 8 heteroatoms. The number of aromatic nitrogens is 5. The Morgan fingerprint density at radius 1 is 1.53 bits per heavy atom. The van der Waals surface area contributed by atoms with Gasteiger partial charge in [0.25, 0.3) is 5.91 Å². The number of nitrogens with two attached hydrogens (primary N) is 1. The van der Waals surface area contributed by atoms with Crippen molar-refractivity contribution in [2.24, 2.45) is 0 Å². The van der Waals surface area contributed by atoms with E-state index in [0.29, 0.717) is 11.6 Å². The van der Waals surface area contributed by atoms with Gasteiger partial charge < -0.3 is 11.1 Å². The fourth-order valence-electron chi connectivity index (χ4n) is 1.27. The van der Waals surface area contributed by atoms with E-state index in [2.05, 4.69) is 30.9 Å². The van der Waals surface area contributed by atoms with Gasteiger partial charge in [-0.2, -0.15) is 5.21 Å². The minimum absolute atomic E-state index is 0.250. The van der Waals surface area contributed by atoms with E-state index in [-0.39, 0.29) is 17.6 Å². The second kappa shape index (κ2) is 4.56. The van der Waals surface area contributed by atoms with E-state index in [1.807, 2.05) is 0 Å². The number of amides is 1. The maximum atomic E-state index is 11.8. The molecule has 4 N–H and O–H groups in total. The lowest BCUT2D eigenvalue weighted by molar-refractivity contribution is 0.0933. The minimum Gasteiger partial charge on any atom is -0.384 e. The van der Waals surface area contributed by atoms with Crippen LogP contribution in [0.2, 0.25) is 0 Å². The minimum atomic E-state index is -0.357. The van der Waals surface area contributed by atoms with Gasteiger partial charge in [-0.1, -0.05) is 11.3 Å². The normalized spacial score (nSPS) is 12.1. The molecule has 0 aromatic carbocycles. The molecule has 0 fully saturated rings. The van der Waals surface area contributed by atoms with Crippen LogP contribution in [0, 0.1) is 0 Å². The molecule has 2 aromatic rings. The Hall–Kier alpha value is -2.51. The average molecular weight is 233 g/mol. The van der Waals surface area contributed by atoms with Crippen molar-refractivity contribution in [1.82, 2.24) is 30.9 Å². The van der Waals surface area contributed by atoms with Gasteiger partial charge in [0.05, 0.1) is 6.04 Å². The van der Waals surface area contributed by atoms with Gasteiger partial charge in [-0.15, -0.1) is 10.2 Å². The molecule has 0 aliphatic heterocycles. The molecular formula is C9H11N7O. The van der Waals surface area contributed by atoms with Crippen LogP contribution in [0.5, 0.6) is 0 Å². The molecule has 1 amide bonds. The predicted octanol–water partition coefficient (Wildman–Crippen LogP) is -0.332. The summed E-state index contributed by atoms with van der Waals surface area (Å²) in [6.07, 6.45) is 0. The largest absolute Gasteiger partial charge is 0.384 e. The summed E-state index contributed by atoms with van der Waals surface area (Å²) < 4.78 is 0. The van der Waals surface area contributed by atoms with Crippen LogP contribution in [-0.2, 0) is 0 Å². The number of nitrogen functional groups attached to an aromatic ring is 1. The average Bonchev–Trinajstić information content (AvgIpc) is 2.82. The van der Waals surface area contributed by atoms with Crippen molar-refractivity contribution in [1.29, 1.82) is 0 Å². The number of tetrazole rings is 1. The van der Waals surface area contributed by atoms with Crippen LogP contribution in [0.15, 0.2) is 18.2 Å². The summed E-state index contributed by atoms with van der Waals surface area (Å²) in [5.41, 5.74) is 5.74. The second-order valence-electron chi connectivity index (χ2n) is 3.41. The zero-order chi connectivity index (χ0) is 12.3. The molecule has 0 saturated heterocycles. The number of carbonyl (C=O) groups is 1. The summed E-state index contributed by atoms with van der Waals surface area (Å²) in [7, 11) is 0. The molecule has 0 spiro atoms. The van der Waals surface area contributed by atoms with Crippen LogP contribution in [-0.4, -0.2) is 31.5 Å². The Kier molecular flexibility index (Phi) is 2.95. The van der Waals surface area contributed by atoms with Gasteiger partial charge in [0.2, 0.25) is 0 Å². The number of hydrogen-bond acceptors (Lipinski definition) is 6. The molecule has 0 aliphatic carbocycles. The summed E-state index contributed by atoms with van der Waals surface area (Å²) in [4.78, 5) is 15.7. The lowest BCUT2D eigenvalue weighted by atomic mass is 10.3. The van der Waals surface area contributed by atoms with Gasteiger partial charge in [-0.25, -0.2) is 4.98 Å². The van der Waals surface area contributed by atoms with E-state index >= 15 is 0 Å². The molecule has 17 heavy (non-hydrogen) atoms. The number of rotatable bonds is 3. The molecule has 2 aromatic heterocycles. The van der Waals surface area contributed by atoms with Gasteiger partial charge in [0, 0.05) is 0 Å². The van der Waals surface area contributed by atoms with E-state index in [1.165, 1.54) is 0 Å². The topological polar surface area (TPSA) is 122 Å². The molecular weight excluding hydrogens is 222 g/mol. The van der Waals surface area contributed by atoms with Gasteiger partial charge in [-0.05, 0) is 19.1 Å². The van der Waals surface area contributed by atoms with E-state index in [4.69, 9.17) is 5.73 Å². The molecule has 0 radical (unpaired) electrons. The highest BCUT2D eigenvalue weighted by molar-refractivity contribution is 5.92. The molecule has 2 heterocycles. The number of hydrogen-bond donors (Lipinski definition) is 3. The standard InChI is InChI=1S/C9H11N7O/c1-5(8-13-15-16-14-8)11-9(17)6-3-2-4-7(10)12-6/h2-5H,1H3,(H2,10,12)(H,11,17)(H,13,14,15,16). The first kappa shape index (κ1) is 11.0. The molecule has 0 saturated carbocycles. The summed E-state index contributed by atoms with van der Waals surface area (Å²) in [6, 6.07) is 4.49. The SMILES string of the molecule is CC(NC(=O)c1cccc(N)n1)c1nn[nH]n1. The lowest BCUT2D eigenvalue weighted by Gasteiger charge is -2.09. The van der Waals surface area contributed by atoms with Crippen molar-refractivity contribution in [3.8, 4) is 0 Å². The van der Waals surface area contributed by atoms with Gasteiger partial charge in [0.1, 0.15) is 11.5 Å². The highest BCUT2D eigenvalue weighted by Crippen LogP contribution is 2.06. The first-order valence-electron chi connectivity index (χ1n) is 4.93. The monoisotopic (exact) mass is 233 g/mol. The van der Waals surface area contributed by atoms with Crippen molar-refractivity contribution in [3.05, 3.63) is 29.7 Å². The number of aromatic amines is 1. The van der Waals surface area contributed by atoms with Crippen molar-refractivity contribution in [3.63, 3.8) is 0 Å². The molecule has 0 bridgehead atoms. The smallest absolute Gasteiger partial charge is 0.270 e. The van der Waals surface area contributed by atoms with Crippen molar-refractivity contribution >= 4 is 11.7 Å². The van der Waals surface area contributed by atoms with Crippen molar-refractivity contribution in [2.75, 3.05) is 5.73 Å². The fourth-order valence-corrected chi connectivity index (χ4v) is 1.27. The van der Waals surface area contributed by atoms with Crippen molar-refractivity contribution < 1.29 is 4.79 Å². The van der Waals surface area contributed by atoms with Gasteiger partial charge >= 0.3 is 0 Å². The van der Waals surface area contributed by atoms with E-state index in [0.717, 1.165) is 0 Å². The third kappa shape index (κ3) is 2.54. The second-order valence-corrected chi connectivity index (χ2v) is 3.41. The number of pyridine rings is 1. The quantitative estimate of drug-likeness (QED) is 0.667. The number of anilines is 1. The zero-order valence-corrected chi connectivity index (χ0v) is 9.08.